The third-order valence-electron chi connectivity index (χ3n) is 7.12. The highest BCUT2D eigenvalue weighted by Crippen LogP contribution is 2.36. The van der Waals surface area contributed by atoms with Crippen molar-refractivity contribution in [2.24, 2.45) is 0 Å². The molecule has 33 heavy (non-hydrogen) atoms. The molecule has 0 radical (unpaired) electrons. The van der Waals surface area contributed by atoms with E-state index in [1.165, 1.54) is 4.90 Å². The lowest BCUT2D eigenvalue weighted by Gasteiger charge is -2.33. The molecule has 176 valence electrons. The Hall–Kier alpha value is -2.91. The van der Waals surface area contributed by atoms with Gasteiger partial charge in [-0.15, -0.1) is 0 Å². The van der Waals surface area contributed by atoms with E-state index in [4.69, 9.17) is 4.98 Å². The molecule has 2 N–H and O–H groups in total. The summed E-state index contributed by atoms with van der Waals surface area (Å²) in [6.45, 7) is 6.26. The smallest absolute Gasteiger partial charge is 0.412 e. The lowest BCUT2D eigenvalue weighted by molar-refractivity contribution is 0.0810. The number of hydrogen-bond donors (Lipinski definition) is 2. The maximum Gasteiger partial charge on any atom is 0.412 e. The molecule has 0 aliphatic carbocycles. The number of amides is 1. The molecule has 1 saturated heterocycles. The van der Waals surface area contributed by atoms with Gasteiger partial charge in [-0.2, -0.15) is 5.10 Å². The maximum atomic E-state index is 11.9. The number of fused-ring (bicyclic) bond motifs is 3. The van der Waals surface area contributed by atoms with Crippen molar-refractivity contribution in [3.8, 4) is 0 Å². The molecule has 1 fully saturated rings. The van der Waals surface area contributed by atoms with Crippen molar-refractivity contribution in [3.63, 3.8) is 0 Å². The molecular weight excluding hydrogens is 420 g/mol. The summed E-state index contributed by atoms with van der Waals surface area (Å²) in [5.41, 5.74) is 3.80. The van der Waals surface area contributed by atoms with E-state index in [-0.39, 0.29) is 12.1 Å². The normalized spacial score (nSPS) is 19.8. The van der Waals surface area contributed by atoms with Crippen molar-refractivity contribution in [1.82, 2.24) is 24.2 Å². The van der Waals surface area contributed by atoms with Gasteiger partial charge in [0, 0.05) is 63.1 Å². The van der Waals surface area contributed by atoms with Crippen molar-refractivity contribution in [2.75, 3.05) is 24.5 Å². The first kappa shape index (κ1) is 21.9. The van der Waals surface area contributed by atoms with E-state index in [1.807, 2.05) is 36.0 Å². The Morgan fingerprint density at radius 3 is 2.70 bits per heavy atom. The minimum atomic E-state index is -0.909. The number of aromatic nitrogens is 4. The van der Waals surface area contributed by atoms with Crippen molar-refractivity contribution in [1.29, 1.82) is 0 Å². The molecule has 3 aromatic rings. The summed E-state index contributed by atoms with van der Waals surface area (Å²) in [7, 11) is 0. The third kappa shape index (κ3) is 4.35. The minimum absolute atomic E-state index is 0.0386. The number of nitrogens with zero attached hydrogens (tertiary/aromatic N) is 6. The first-order valence-corrected chi connectivity index (χ1v) is 11.9. The molecule has 9 nitrogen and oxygen atoms in total. The number of hydrogen-bond acceptors (Lipinski definition) is 5. The van der Waals surface area contributed by atoms with E-state index in [2.05, 4.69) is 14.6 Å². The minimum Gasteiger partial charge on any atom is -0.465 e. The Kier molecular flexibility index (Phi) is 6.07. The fraction of sp³-hybridized carbons (Fsp3) is 0.542. The van der Waals surface area contributed by atoms with Gasteiger partial charge in [0.25, 0.3) is 0 Å². The first-order valence-electron chi connectivity index (χ1n) is 11.9. The number of likely N-dealkylation sites (tertiary alicyclic amines) is 1. The number of carboxylic acid groups (broad SMARTS) is 1. The molecule has 1 aromatic carbocycles. The Labute approximate surface area is 193 Å². The largest absolute Gasteiger partial charge is 0.465 e. The summed E-state index contributed by atoms with van der Waals surface area (Å²) >= 11 is 0. The van der Waals surface area contributed by atoms with Crippen LogP contribution in [-0.2, 0) is 25.9 Å². The van der Waals surface area contributed by atoms with E-state index in [0.29, 0.717) is 0 Å². The highest BCUT2D eigenvalue weighted by molar-refractivity contribution is 5.94. The van der Waals surface area contributed by atoms with Crippen molar-refractivity contribution < 1.29 is 15.0 Å². The van der Waals surface area contributed by atoms with Crippen molar-refractivity contribution in [3.05, 3.63) is 42.0 Å². The Morgan fingerprint density at radius 2 is 1.97 bits per heavy atom. The lowest BCUT2D eigenvalue weighted by atomic mass is 9.96. The van der Waals surface area contributed by atoms with Gasteiger partial charge in [-0.25, -0.2) is 9.78 Å². The van der Waals surface area contributed by atoms with Gasteiger partial charge in [-0.05, 0) is 50.8 Å². The van der Waals surface area contributed by atoms with Crippen LogP contribution in [0.15, 0.2) is 30.6 Å². The summed E-state index contributed by atoms with van der Waals surface area (Å²) in [6, 6.07) is 5.87. The van der Waals surface area contributed by atoms with Crippen LogP contribution in [0.5, 0.6) is 0 Å². The van der Waals surface area contributed by atoms with E-state index in [0.717, 1.165) is 92.9 Å². The first-order chi connectivity index (χ1) is 16.0. The second-order valence-electron chi connectivity index (χ2n) is 9.24. The number of anilines is 1. The number of carbonyl (C=O) groups is 1. The molecule has 0 spiro atoms. The number of aryl methyl sites for hydroxylation is 3. The molecule has 1 amide bonds. The quantitative estimate of drug-likeness (QED) is 0.597. The number of piperidine rings is 1. The number of imidazole rings is 1. The third-order valence-corrected chi connectivity index (χ3v) is 7.12. The summed E-state index contributed by atoms with van der Waals surface area (Å²) in [4.78, 5) is 20.9. The predicted molar refractivity (Wildman–Crippen MR) is 126 cm³/mol. The van der Waals surface area contributed by atoms with Crippen molar-refractivity contribution in [2.45, 2.75) is 64.3 Å². The highest BCUT2D eigenvalue weighted by Gasteiger charge is 2.30. The van der Waals surface area contributed by atoms with Gasteiger partial charge in [0.15, 0.2) is 0 Å². The zero-order valence-corrected chi connectivity index (χ0v) is 19.1. The lowest BCUT2D eigenvalue weighted by Crippen LogP contribution is -2.41. The average Bonchev–Trinajstić information content (AvgIpc) is 3.44. The zero-order chi connectivity index (χ0) is 22.9. The van der Waals surface area contributed by atoms with Crippen LogP contribution < -0.4 is 4.90 Å². The number of aliphatic hydroxyl groups excluding tert-OH is 1. The second kappa shape index (κ2) is 9.15. The molecule has 2 aliphatic heterocycles. The van der Waals surface area contributed by atoms with E-state index >= 15 is 0 Å². The van der Waals surface area contributed by atoms with Crippen molar-refractivity contribution >= 4 is 22.8 Å². The maximum absolute atomic E-state index is 11.9. The van der Waals surface area contributed by atoms with E-state index in [9.17, 15) is 15.0 Å². The summed E-state index contributed by atoms with van der Waals surface area (Å²) < 4.78 is 4.21. The fourth-order valence-electron chi connectivity index (χ4n) is 5.24. The molecule has 0 saturated carbocycles. The predicted octanol–water partition coefficient (Wildman–Crippen LogP) is 2.75. The van der Waals surface area contributed by atoms with E-state index in [1.54, 1.807) is 6.20 Å². The van der Waals surface area contributed by atoms with Gasteiger partial charge < -0.3 is 19.7 Å². The molecule has 9 heteroatoms. The van der Waals surface area contributed by atoms with Gasteiger partial charge in [-0.1, -0.05) is 0 Å². The molecule has 1 atom stereocenters. The van der Waals surface area contributed by atoms with Gasteiger partial charge >= 0.3 is 6.09 Å². The Morgan fingerprint density at radius 1 is 1.15 bits per heavy atom. The molecule has 4 heterocycles. The number of benzene rings is 1. The van der Waals surface area contributed by atoms with Gasteiger partial charge in [0.2, 0.25) is 0 Å². The Balaban J connectivity index is 1.48. The number of rotatable bonds is 6. The summed E-state index contributed by atoms with van der Waals surface area (Å²) in [5, 5.41) is 23.9. The van der Waals surface area contributed by atoms with Gasteiger partial charge in [-0.3, -0.25) is 9.58 Å². The topological polar surface area (TPSA) is 99.7 Å². The van der Waals surface area contributed by atoms with Crippen LogP contribution in [0.4, 0.5) is 10.5 Å². The van der Waals surface area contributed by atoms with Crippen LogP contribution in [-0.4, -0.2) is 72.3 Å². The molecule has 5 rings (SSSR count). The summed E-state index contributed by atoms with van der Waals surface area (Å²) in [5.74, 6) is 1.01. The highest BCUT2D eigenvalue weighted by atomic mass is 16.4. The van der Waals surface area contributed by atoms with Crippen LogP contribution >= 0.6 is 0 Å². The average molecular weight is 453 g/mol. The fourth-order valence-corrected chi connectivity index (χ4v) is 5.24. The monoisotopic (exact) mass is 452 g/mol. The number of aliphatic hydroxyl groups is 1. The van der Waals surface area contributed by atoms with Crippen LogP contribution in [0.1, 0.15) is 37.6 Å². The van der Waals surface area contributed by atoms with Crippen LogP contribution in [0.2, 0.25) is 0 Å². The van der Waals surface area contributed by atoms with Crippen LogP contribution in [0.25, 0.3) is 11.0 Å². The molecule has 2 aliphatic rings. The zero-order valence-electron chi connectivity index (χ0n) is 19.1. The molecule has 0 unspecified atom stereocenters. The van der Waals surface area contributed by atoms with Gasteiger partial charge in [0.05, 0.1) is 22.8 Å². The molecule has 0 bridgehead atoms. The second-order valence-corrected chi connectivity index (χ2v) is 9.24. The van der Waals surface area contributed by atoms with Crippen LogP contribution in [0.3, 0.4) is 0 Å². The van der Waals surface area contributed by atoms with E-state index < -0.39 is 6.09 Å². The SMILES string of the molecule is C[C@H]1CCc2c(ccc3c2nc(CCn2cccn2)n3CCN2CCC(O)CC2)N1C(=O)O. The van der Waals surface area contributed by atoms with Gasteiger partial charge in [0.1, 0.15) is 5.82 Å². The Bertz CT molecular complexity index is 1120. The van der Waals surface area contributed by atoms with Crippen LogP contribution in [0, 0.1) is 0 Å². The standard InChI is InChI=1S/C24H32N6O3/c1-17-3-4-19-20(30(17)24(32)33)5-6-21-23(19)26-22(9-14-28-11-2-10-25-28)29(21)16-15-27-12-7-18(31)8-13-27/h2,5-6,10-11,17-18,31H,3-4,7-9,12-16H2,1H3,(H,32,33)/t17-/m0/s1. The molecular formula is C24H32N6O3. The summed E-state index contributed by atoms with van der Waals surface area (Å²) in [6.07, 6.45) is 6.69. The molecule has 2 aromatic heterocycles.